The normalized spacial score (nSPS) is 27.1. The Morgan fingerprint density at radius 2 is 2.03 bits per heavy atom. The number of aliphatic hydroxyl groups is 1. The number of ether oxygens (including phenoxy) is 2. The molecule has 1 aliphatic carbocycles. The highest BCUT2D eigenvalue weighted by atomic mass is 32.3. The molecule has 39 heavy (non-hydrogen) atoms. The van der Waals surface area contributed by atoms with E-state index in [-0.39, 0.29) is 17.7 Å². The smallest absolute Gasteiger partial charge is 0.244 e. The zero-order valence-corrected chi connectivity index (χ0v) is 22.3. The Kier molecular flexibility index (Phi) is 6.52. The zero-order valence-electron chi connectivity index (χ0n) is 21.4. The summed E-state index contributed by atoms with van der Waals surface area (Å²) in [7, 11) is -1.63. The summed E-state index contributed by atoms with van der Waals surface area (Å²) >= 11 is 0. The summed E-state index contributed by atoms with van der Waals surface area (Å²) in [6, 6.07) is 8.63. The lowest BCUT2D eigenvalue weighted by atomic mass is 9.68. The maximum absolute atomic E-state index is 14.9. The van der Waals surface area contributed by atoms with Crippen molar-refractivity contribution in [3.05, 3.63) is 53.5 Å². The zero-order chi connectivity index (χ0) is 27.4. The van der Waals surface area contributed by atoms with Gasteiger partial charge >= 0.3 is 0 Å². The molecule has 2 aromatic heterocycles. The maximum atomic E-state index is 14.9. The fourth-order valence-corrected chi connectivity index (χ4v) is 7.29. The summed E-state index contributed by atoms with van der Waals surface area (Å²) in [4.78, 5) is 20.7. The van der Waals surface area contributed by atoms with Crippen molar-refractivity contribution in [1.29, 1.82) is 0 Å². The molecule has 4 aliphatic rings. The van der Waals surface area contributed by atoms with Gasteiger partial charge in [-0.25, -0.2) is 9.37 Å². The Morgan fingerprint density at radius 1 is 1.23 bits per heavy atom. The first kappa shape index (κ1) is 26.4. The van der Waals surface area contributed by atoms with Gasteiger partial charge in [0, 0.05) is 30.1 Å². The molecule has 5 heterocycles. The highest BCUT2D eigenvalue weighted by Crippen LogP contribution is 2.54. The molecular formula is C27H31FN4O6S. The third-order valence-electron chi connectivity index (χ3n) is 8.31. The van der Waals surface area contributed by atoms with Gasteiger partial charge < -0.3 is 25.2 Å². The van der Waals surface area contributed by atoms with Crippen LogP contribution in [-0.4, -0.2) is 66.8 Å². The van der Waals surface area contributed by atoms with Gasteiger partial charge in [-0.05, 0) is 49.4 Å². The molecule has 7 rings (SSSR count). The monoisotopic (exact) mass is 558 g/mol. The molecule has 3 fully saturated rings. The third kappa shape index (κ3) is 4.75. The molecule has 0 spiro atoms. The van der Waals surface area contributed by atoms with Crippen LogP contribution >= 0.6 is 10.6 Å². The van der Waals surface area contributed by atoms with Gasteiger partial charge in [-0.15, -0.1) is 0 Å². The number of amides is 1. The average molecular weight is 559 g/mol. The number of nitrogens with zero attached hydrogens (tertiary/aromatic N) is 2. The maximum Gasteiger partial charge on any atom is 0.244 e. The molecule has 1 aromatic carbocycles. The summed E-state index contributed by atoms with van der Waals surface area (Å²) in [6.07, 6.45) is 3.06. The second kappa shape index (κ2) is 9.65. The second-order valence-electron chi connectivity index (χ2n) is 10.7. The number of rotatable bonds is 7. The highest BCUT2D eigenvalue weighted by Gasteiger charge is 2.53. The van der Waals surface area contributed by atoms with Crippen molar-refractivity contribution in [2.24, 2.45) is 0 Å². The molecule has 2 saturated heterocycles. The number of carbonyl (C=O) groups is 1. The molecule has 0 unspecified atom stereocenters. The standard InChI is InChI=1S/C27H31FN4O6S/c1-37-24-5-3-19-25(32-24)17(18(28)13-29-19)11-22(33)27-8-6-26(7-9-27,15-38-27)30-12-16-2-4-21-20(10-16)31-23(34)14-39(21,35)36/h2-5,10,13,22,30,33,35-36H,6-9,11-12,14-15H2,1H3,(H,31,34)/t22-,26?,27?/m0/s1. The number of hydrogen-bond acceptors (Lipinski definition) is 9. The van der Waals surface area contributed by atoms with Crippen LogP contribution in [0, 0.1) is 5.82 Å². The van der Waals surface area contributed by atoms with Crippen molar-refractivity contribution < 1.29 is 32.9 Å². The van der Waals surface area contributed by atoms with Crippen LogP contribution in [0.5, 0.6) is 5.88 Å². The van der Waals surface area contributed by atoms with E-state index in [2.05, 4.69) is 20.6 Å². The van der Waals surface area contributed by atoms with Crippen molar-refractivity contribution in [1.82, 2.24) is 15.3 Å². The SMILES string of the molecule is COc1ccc2ncc(F)c(C[C@H](O)C34CCC(NCc5ccc6c(c5)NC(=O)CS6(O)O)(CC3)CO4)c2n1. The molecule has 1 saturated carbocycles. The van der Waals surface area contributed by atoms with Gasteiger partial charge in [0.1, 0.15) is 11.6 Å². The van der Waals surface area contributed by atoms with Gasteiger partial charge in [0.25, 0.3) is 0 Å². The van der Waals surface area contributed by atoms with Crippen LogP contribution in [0.15, 0.2) is 41.4 Å². The van der Waals surface area contributed by atoms with Gasteiger partial charge in [-0.3, -0.25) is 18.9 Å². The number of pyridine rings is 2. The van der Waals surface area contributed by atoms with E-state index in [0.29, 0.717) is 59.1 Å². The lowest BCUT2D eigenvalue weighted by Gasteiger charge is -2.55. The van der Waals surface area contributed by atoms with Gasteiger partial charge in [-0.1, -0.05) is 6.07 Å². The van der Waals surface area contributed by atoms with Gasteiger partial charge in [0.15, 0.2) is 0 Å². The van der Waals surface area contributed by atoms with Crippen LogP contribution in [-0.2, 0) is 22.5 Å². The van der Waals surface area contributed by atoms with Gasteiger partial charge in [0.2, 0.25) is 11.8 Å². The number of hydrogen-bond donors (Lipinski definition) is 5. The average Bonchev–Trinajstić information content (AvgIpc) is 2.93. The van der Waals surface area contributed by atoms with Crippen molar-refractivity contribution in [2.45, 2.75) is 60.8 Å². The minimum absolute atomic E-state index is 0.0471. The lowest BCUT2D eigenvalue weighted by molar-refractivity contribution is -0.208. The summed E-state index contributed by atoms with van der Waals surface area (Å²) in [5, 5.41) is 17.6. The number of halogens is 1. The van der Waals surface area contributed by atoms with Crippen molar-refractivity contribution >= 4 is 33.2 Å². The molecule has 1 atom stereocenters. The fraction of sp³-hybridized carbons (Fsp3) is 0.444. The molecule has 5 N–H and O–H groups in total. The summed E-state index contributed by atoms with van der Waals surface area (Å²) in [6.45, 7) is 0.904. The van der Waals surface area contributed by atoms with Crippen LogP contribution in [0.4, 0.5) is 10.1 Å². The van der Waals surface area contributed by atoms with Crippen LogP contribution in [0.25, 0.3) is 11.0 Å². The molecule has 3 aliphatic heterocycles. The van der Waals surface area contributed by atoms with Gasteiger partial charge in [-0.2, -0.15) is 10.6 Å². The summed E-state index contributed by atoms with van der Waals surface area (Å²) in [5.74, 6) is -0.909. The molecule has 2 bridgehead atoms. The Hall–Kier alpha value is -2.87. The number of fused-ring (bicyclic) bond motifs is 5. The van der Waals surface area contributed by atoms with E-state index in [9.17, 15) is 23.4 Å². The fourth-order valence-electron chi connectivity index (χ4n) is 5.95. The van der Waals surface area contributed by atoms with Crippen molar-refractivity contribution in [3.8, 4) is 5.88 Å². The van der Waals surface area contributed by atoms with Crippen LogP contribution < -0.4 is 15.4 Å². The molecular weight excluding hydrogens is 527 g/mol. The minimum Gasteiger partial charge on any atom is -0.481 e. The van der Waals surface area contributed by atoms with Crippen molar-refractivity contribution in [2.75, 3.05) is 24.8 Å². The topological polar surface area (TPSA) is 146 Å². The van der Waals surface area contributed by atoms with Crippen LogP contribution in [0.2, 0.25) is 0 Å². The molecule has 208 valence electrons. The summed E-state index contributed by atoms with van der Waals surface area (Å²) < 4.78 is 46.9. The summed E-state index contributed by atoms with van der Waals surface area (Å²) in [5.41, 5.74) is 1.47. The molecule has 0 radical (unpaired) electrons. The predicted octanol–water partition coefficient (Wildman–Crippen LogP) is 3.61. The predicted molar refractivity (Wildman–Crippen MR) is 144 cm³/mol. The first-order valence-corrected chi connectivity index (χ1v) is 14.6. The molecule has 10 nitrogen and oxygen atoms in total. The molecule has 1 amide bonds. The van der Waals surface area contributed by atoms with Gasteiger partial charge in [0.05, 0.1) is 53.2 Å². The Balaban J connectivity index is 1.13. The number of anilines is 1. The van der Waals surface area contributed by atoms with E-state index in [1.165, 1.54) is 7.11 Å². The molecule has 12 heteroatoms. The van der Waals surface area contributed by atoms with E-state index < -0.39 is 34.0 Å². The van der Waals surface area contributed by atoms with E-state index in [4.69, 9.17) is 9.47 Å². The largest absolute Gasteiger partial charge is 0.481 e. The number of aromatic nitrogens is 2. The van der Waals surface area contributed by atoms with E-state index in [0.717, 1.165) is 24.6 Å². The first-order chi connectivity index (χ1) is 18.6. The Labute approximate surface area is 226 Å². The third-order valence-corrected chi connectivity index (χ3v) is 10.0. The van der Waals surface area contributed by atoms with E-state index >= 15 is 0 Å². The number of carbonyl (C=O) groups excluding carboxylic acids is 1. The number of nitrogens with one attached hydrogen (secondary N) is 2. The quantitative estimate of drug-likeness (QED) is 0.293. The number of benzene rings is 1. The minimum atomic E-state index is -3.12. The molecule has 3 aromatic rings. The van der Waals surface area contributed by atoms with E-state index in [1.807, 2.05) is 6.07 Å². The lowest BCUT2D eigenvalue weighted by Crippen LogP contribution is -2.65. The second-order valence-corrected chi connectivity index (χ2v) is 12.8. The number of methoxy groups -OCH3 is 1. The Morgan fingerprint density at radius 3 is 2.74 bits per heavy atom. The first-order valence-electron chi connectivity index (χ1n) is 12.9. The van der Waals surface area contributed by atoms with Crippen molar-refractivity contribution in [3.63, 3.8) is 0 Å². The van der Waals surface area contributed by atoms with Crippen LogP contribution in [0.3, 0.4) is 0 Å². The van der Waals surface area contributed by atoms with E-state index in [1.54, 1.807) is 24.3 Å². The van der Waals surface area contributed by atoms with Crippen LogP contribution in [0.1, 0.15) is 36.8 Å². The number of aliphatic hydroxyl groups excluding tert-OH is 1. The highest BCUT2D eigenvalue weighted by molar-refractivity contribution is 8.25. The Bertz CT molecular complexity index is 1430.